The summed E-state index contributed by atoms with van der Waals surface area (Å²) in [5.74, 6) is -3.35. The number of rotatable bonds is 42. The van der Waals surface area contributed by atoms with E-state index in [4.69, 9.17) is 58.8 Å². The van der Waals surface area contributed by atoms with Gasteiger partial charge in [0.05, 0.1) is 85.0 Å². The molecule has 0 aliphatic rings. The summed E-state index contributed by atoms with van der Waals surface area (Å²) < 4.78 is 51.6. The summed E-state index contributed by atoms with van der Waals surface area (Å²) in [7, 11) is 0. The minimum absolute atomic E-state index is 0.0639. The minimum Gasteiger partial charge on any atom is -0.463 e. The number of esters is 8. The molecule has 0 amide bonds. The summed E-state index contributed by atoms with van der Waals surface area (Å²) in [5, 5.41) is 21.3. The van der Waals surface area contributed by atoms with E-state index in [9.17, 15) is 58.6 Å². The van der Waals surface area contributed by atoms with E-state index >= 15 is 0 Å². The van der Waals surface area contributed by atoms with Crippen LogP contribution in [0.15, 0.2) is 97.1 Å². The Bertz CT molecular complexity index is 2520. The van der Waals surface area contributed by atoms with Crippen molar-refractivity contribution >= 4 is 70.5 Å². The van der Waals surface area contributed by atoms with Crippen molar-refractivity contribution in [2.45, 2.75) is 103 Å². The number of nitrogens with two attached hydrogens (primary N) is 2. The van der Waals surface area contributed by atoms with Crippen LogP contribution in [0, 0.1) is 20.2 Å². The Morgan fingerprint density at radius 3 is 0.733 bits per heavy atom. The third kappa shape index (κ3) is 33.3. The Labute approximate surface area is 497 Å². The highest BCUT2D eigenvalue weighted by atomic mass is 16.6. The number of nitro benzene ring substituents is 2. The van der Waals surface area contributed by atoms with Crippen molar-refractivity contribution in [3.63, 3.8) is 0 Å². The van der Waals surface area contributed by atoms with Crippen LogP contribution in [0.5, 0.6) is 0 Å². The van der Waals surface area contributed by atoms with E-state index in [1.165, 1.54) is 48.5 Å². The highest BCUT2D eigenvalue weighted by molar-refractivity contribution is 5.91. The maximum Gasteiger partial charge on any atom is 0.338 e. The fraction of sp³-hybridized carbons (Fsp3) is 0.467. The molecule has 468 valence electrons. The van der Waals surface area contributed by atoms with Crippen LogP contribution < -0.4 is 11.5 Å². The molecule has 4 aromatic carbocycles. The van der Waals surface area contributed by atoms with Crippen molar-refractivity contribution in [1.82, 2.24) is 0 Å². The van der Waals surface area contributed by atoms with Gasteiger partial charge in [-0.1, -0.05) is 0 Å². The van der Waals surface area contributed by atoms with Gasteiger partial charge in [0.1, 0.15) is 26.4 Å². The van der Waals surface area contributed by atoms with Crippen molar-refractivity contribution in [1.29, 1.82) is 0 Å². The molecule has 4 aromatic rings. The Balaban J connectivity index is 0.000000452. The van der Waals surface area contributed by atoms with Gasteiger partial charge in [0, 0.05) is 61.3 Å². The quantitative estimate of drug-likeness (QED) is 0.0104. The van der Waals surface area contributed by atoms with Crippen molar-refractivity contribution in [3.8, 4) is 0 Å². The predicted octanol–water partition coefficient (Wildman–Crippen LogP) is 8.83. The van der Waals surface area contributed by atoms with E-state index in [0.29, 0.717) is 86.7 Å². The molecule has 0 aliphatic carbocycles. The fourth-order valence-corrected chi connectivity index (χ4v) is 7.21. The third-order valence-electron chi connectivity index (χ3n) is 11.9. The number of nitrogen functional groups attached to an aromatic ring is 2. The number of unbranched alkanes of at least 4 members (excludes halogenated alkanes) is 8. The van der Waals surface area contributed by atoms with E-state index < -0.39 is 33.7 Å². The predicted molar refractivity (Wildman–Crippen MR) is 308 cm³/mol. The number of non-ortho nitro benzene ring substituents is 2. The Morgan fingerprint density at radius 1 is 0.291 bits per heavy atom. The zero-order valence-corrected chi connectivity index (χ0v) is 48.1. The topological polar surface area (TPSA) is 367 Å². The van der Waals surface area contributed by atoms with Crippen LogP contribution in [0.3, 0.4) is 0 Å². The number of carbonyl (C=O) groups excluding carboxylic acids is 8. The van der Waals surface area contributed by atoms with Crippen molar-refractivity contribution in [3.05, 3.63) is 140 Å². The van der Waals surface area contributed by atoms with Crippen molar-refractivity contribution in [2.75, 3.05) is 90.7 Å². The van der Waals surface area contributed by atoms with E-state index in [-0.39, 0.29) is 151 Å². The molecule has 4 rings (SSSR count). The number of carbonyl (C=O) groups is 8. The van der Waals surface area contributed by atoms with Crippen LogP contribution in [0.25, 0.3) is 0 Å². The van der Waals surface area contributed by atoms with Gasteiger partial charge in [0.15, 0.2) is 0 Å². The van der Waals surface area contributed by atoms with E-state index in [1.54, 1.807) is 48.5 Å². The second-order valence-corrected chi connectivity index (χ2v) is 18.7. The molecule has 0 fully saturated rings. The van der Waals surface area contributed by atoms with Gasteiger partial charge < -0.3 is 58.8 Å². The molecule has 0 spiro atoms. The Hall–Kier alpha value is -9.04. The van der Waals surface area contributed by atoms with Gasteiger partial charge in [0.25, 0.3) is 11.4 Å². The van der Waals surface area contributed by atoms with Crippen molar-refractivity contribution < 1.29 is 95.6 Å². The average Bonchev–Trinajstić information content (AvgIpc) is 3.51. The molecule has 86 heavy (non-hydrogen) atoms. The SMILES string of the molecule is Nc1ccc(C(=O)OCCCCCC(=O)OCCOCCOC(=O)CCCCCOC(=O)c2ccc(N)cc2)cc1.O=C(CCCCCOC(=O)c1ccc([N+](=O)[O-])cc1)OCCOCCOC(=O)CCCCCOC(=O)c1ccc([N+](=O)[O-])cc1. The first-order valence-electron chi connectivity index (χ1n) is 28.2. The first-order chi connectivity index (χ1) is 41.5. The maximum absolute atomic E-state index is 11.9. The maximum atomic E-state index is 11.9. The first kappa shape index (κ1) is 71.2. The second kappa shape index (κ2) is 43.6. The van der Waals surface area contributed by atoms with Gasteiger partial charge in [-0.25, -0.2) is 19.2 Å². The first-order valence-corrected chi connectivity index (χ1v) is 28.2. The number of benzene rings is 4. The number of anilines is 2. The zero-order valence-electron chi connectivity index (χ0n) is 48.1. The summed E-state index contributed by atoms with van der Waals surface area (Å²) >= 11 is 0. The lowest BCUT2D eigenvalue weighted by Crippen LogP contribution is -2.14. The standard InChI is InChI=1S/C30H36N2O13.C30H40N2O9/c33-27(7-3-1-5-17-44-29(35)23-9-13-25(14-10-23)31(37)38)42-21-19-41-20-22-43-28(34)8-4-2-6-18-45-30(36)24-11-15-26(16-12-24)32(39)40;31-25-13-9-23(10-14-25)29(35)40-17-5-1-3-7-27(33)38-21-19-37-20-22-39-28(34)8-4-2-6-18-41-30(36)24-11-15-26(32)16-12-24/h9-16H,1-8,17-22H2;9-16H,1-8,17-22,31-32H2. The lowest BCUT2D eigenvalue weighted by atomic mass is 10.2. The van der Waals surface area contributed by atoms with Gasteiger partial charge in [0.2, 0.25) is 0 Å². The zero-order chi connectivity index (χ0) is 62.6. The molecular weight excluding hydrogens is 1130 g/mol. The van der Waals surface area contributed by atoms with Crippen LogP contribution in [-0.2, 0) is 66.5 Å². The summed E-state index contributed by atoms with van der Waals surface area (Å²) in [6, 6.07) is 23.3. The third-order valence-corrected chi connectivity index (χ3v) is 11.9. The summed E-state index contributed by atoms with van der Waals surface area (Å²) in [6.07, 6.45) is 8.45. The van der Waals surface area contributed by atoms with Crippen LogP contribution in [0.4, 0.5) is 22.7 Å². The highest BCUT2D eigenvalue weighted by Gasteiger charge is 2.14. The molecule has 4 N–H and O–H groups in total. The van der Waals surface area contributed by atoms with Crippen LogP contribution >= 0.6 is 0 Å². The molecule has 0 aromatic heterocycles. The molecule has 26 heteroatoms. The molecule has 0 heterocycles. The largest absolute Gasteiger partial charge is 0.463 e. The molecule has 0 saturated carbocycles. The molecule has 0 atom stereocenters. The van der Waals surface area contributed by atoms with Crippen molar-refractivity contribution in [2.24, 2.45) is 0 Å². The lowest BCUT2D eigenvalue weighted by Gasteiger charge is -2.08. The number of hydrogen-bond acceptors (Lipinski definition) is 24. The van der Waals surface area contributed by atoms with Gasteiger partial charge in [-0.2, -0.15) is 0 Å². The number of ether oxygens (including phenoxy) is 10. The smallest absolute Gasteiger partial charge is 0.338 e. The average molecular weight is 1210 g/mol. The summed E-state index contributed by atoms with van der Waals surface area (Å²) in [6.45, 7) is 1.97. The van der Waals surface area contributed by atoms with Gasteiger partial charge in [-0.05, 0) is 150 Å². The molecule has 0 saturated heterocycles. The minimum atomic E-state index is -0.573. The Kier molecular flexibility index (Phi) is 36.1. The lowest BCUT2D eigenvalue weighted by molar-refractivity contribution is -0.385. The fourth-order valence-electron chi connectivity index (χ4n) is 7.21. The van der Waals surface area contributed by atoms with Gasteiger partial charge >= 0.3 is 47.8 Å². The molecule has 0 aliphatic heterocycles. The summed E-state index contributed by atoms with van der Waals surface area (Å²) in [4.78, 5) is 115. The monoisotopic (exact) mass is 1200 g/mol. The molecule has 26 nitrogen and oxygen atoms in total. The van der Waals surface area contributed by atoms with E-state index in [2.05, 4.69) is 0 Å². The van der Waals surface area contributed by atoms with E-state index in [1.807, 2.05) is 0 Å². The van der Waals surface area contributed by atoms with Crippen LogP contribution in [0.1, 0.15) is 144 Å². The number of nitrogens with zero attached hydrogens (tertiary/aromatic N) is 2. The number of hydrogen-bond donors (Lipinski definition) is 2. The summed E-state index contributed by atoms with van der Waals surface area (Å²) in [5.41, 5.74) is 13.5. The molecule has 0 unspecified atom stereocenters. The molecular formula is C60H76N4O22. The van der Waals surface area contributed by atoms with E-state index in [0.717, 1.165) is 12.8 Å². The normalized spacial score (nSPS) is 10.5. The second-order valence-electron chi connectivity index (χ2n) is 18.7. The highest BCUT2D eigenvalue weighted by Crippen LogP contribution is 2.16. The van der Waals surface area contributed by atoms with Crippen LogP contribution in [0.2, 0.25) is 0 Å². The molecule has 0 bridgehead atoms. The van der Waals surface area contributed by atoms with Gasteiger partial charge in [-0.3, -0.25) is 39.4 Å². The Morgan fingerprint density at radius 2 is 0.512 bits per heavy atom. The number of nitro groups is 2. The molecule has 0 radical (unpaired) electrons. The van der Waals surface area contributed by atoms with Crippen LogP contribution in [-0.4, -0.2) is 137 Å². The van der Waals surface area contributed by atoms with Gasteiger partial charge in [-0.15, -0.1) is 0 Å².